The molecule has 8 rings (SSSR count). The number of nitrogens with one attached hydrogen (secondary N) is 14. The predicted octanol–water partition coefficient (Wildman–Crippen LogP) is -1.13. The van der Waals surface area contributed by atoms with Crippen LogP contribution in [0.1, 0.15) is 113 Å². The first kappa shape index (κ1) is 114. The molecule has 6 aromatic carbocycles. The number of phenols is 2. The van der Waals surface area contributed by atoms with Crippen LogP contribution in [-0.2, 0) is 125 Å². The maximum absolute atomic E-state index is 15.3. The normalized spacial score (nSPS) is 14.9. The van der Waals surface area contributed by atoms with Gasteiger partial charge in [-0.1, -0.05) is 154 Å². The number of hydrogen-bond donors (Lipinski definition) is 21. The summed E-state index contributed by atoms with van der Waals surface area (Å²) in [5.41, 5.74) is 14.4. The number of amides is 17. The van der Waals surface area contributed by atoms with Crippen molar-refractivity contribution in [1.82, 2.24) is 93.3 Å². The number of aliphatic hydroxyl groups is 1. The van der Waals surface area contributed by atoms with Gasteiger partial charge in [0.25, 0.3) is 0 Å². The zero-order valence-corrected chi connectivity index (χ0v) is 82.6. The van der Waals surface area contributed by atoms with E-state index >= 15 is 28.8 Å². The molecule has 0 aliphatic carbocycles. The van der Waals surface area contributed by atoms with Crippen molar-refractivity contribution in [3.63, 3.8) is 0 Å². The number of rotatable bonds is 54. The Kier molecular flexibility index (Phi) is 44.0. The van der Waals surface area contributed by atoms with Crippen LogP contribution in [-0.4, -0.2) is 314 Å². The van der Waals surface area contributed by atoms with Gasteiger partial charge in [0.05, 0.1) is 25.7 Å². The average Bonchev–Trinajstić information content (AvgIpc) is 1.70. The molecule has 1 aliphatic rings. The van der Waals surface area contributed by atoms with Crippen LogP contribution in [0.2, 0.25) is 0 Å². The van der Waals surface area contributed by atoms with Gasteiger partial charge in [-0.15, -0.1) is 0 Å². The number of aliphatic hydroxyl groups excluding tert-OH is 1. The van der Waals surface area contributed by atoms with E-state index in [4.69, 9.17) is 16.9 Å². The lowest BCUT2D eigenvalue weighted by atomic mass is 10.00. The fraction of sp³-hybridized carbons (Fsp3) is 0.430. The summed E-state index contributed by atoms with van der Waals surface area (Å²) in [6, 6.07) is 24.6. The standard InChI is InChI=1S/C100H131N21O22S/c1-10-81(126)109-72(46-60-24-14-11-15-25-60)91(135)115-85(57(2)3)94(138)111-71(42-43-84(129)130)95(139)117(6)54-83(128)110-75(48-64-36-40-67(124)41-37-64)96(140)119(8)78(49-61-26-16-12-17-27-61)97(141)118(7)55-82(127)108-70(32-22-44-104-100(102)103)89(133)107-58(4)87(131)112-73(47-63-34-38-66(123)39-35-63)90(134)113-74(51-65-52-105-69-31-21-20-30-68(65)69)92(136)116-86(59(5)122)99(143)120(9)79(50-62-28-18-13-19-29-62)98(142)121-45-23-33-77(121)93(137)114-76(56-144)88(132)106-53-80(101)125/h11-21,24-31,34-41,52,57-59,70-79,85-86,105,122-124,144H,10,22-23,32-33,42-51,53-56H2,1-9H3,(H2,101,125)(H,106,132)(H,107,133)(H,108,127)(H,109,126)(H,110,128)(H,111,138)(H,112,131)(H,113,134)(H,114,137)(H,115,135)(H,116,136)(H,129,130)(H4,102,103,104)/t58-,59+,70-,71-,72-,73-,74-,75-,76-,77-,78-,79-,85-,86-/m0/s1. The molecule has 44 heteroatoms. The van der Waals surface area contributed by atoms with E-state index < -0.39 is 235 Å². The van der Waals surface area contributed by atoms with Gasteiger partial charge in [-0.05, 0) is 116 Å². The maximum Gasteiger partial charge on any atom is 0.303 e. The summed E-state index contributed by atoms with van der Waals surface area (Å²) in [6.07, 6.45) is -2.20. The van der Waals surface area contributed by atoms with Crippen LogP contribution in [0.5, 0.6) is 11.5 Å². The molecule has 0 spiro atoms. The Morgan fingerprint density at radius 1 is 0.472 bits per heavy atom. The molecular formula is C100H131N21O22S. The van der Waals surface area contributed by atoms with Gasteiger partial charge in [-0.2, -0.15) is 12.6 Å². The number of fused-ring (bicyclic) bond motifs is 1. The number of H-pyrrole nitrogens is 1. The highest BCUT2D eigenvalue weighted by molar-refractivity contribution is 7.80. The Morgan fingerprint density at radius 2 is 0.938 bits per heavy atom. The lowest BCUT2D eigenvalue weighted by Crippen LogP contribution is -2.62. The topological polar surface area (TPSA) is 640 Å². The molecule has 0 bridgehead atoms. The second-order valence-electron chi connectivity index (χ2n) is 35.8. The zero-order valence-electron chi connectivity index (χ0n) is 81.7. The lowest BCUT2D eigenvalue weighted by Gasteiger charge is -2.36. The monoisotopic (exact) mass is 2010 g/mol. The summed E-state index contributed by atoms with van der Waals surface area (Å²) in [4.78, 5) is 264. The summed E-state index contributed by atoms with van der Waals surface area (Å²) in [6.45, 7) is 5.16. The van der Waals surface area contributed by atoms with Gasteiger partial charge >= 0.3 is 5.97 Å². The highest BCUT2D eigenvalue weighted by atomic mass is 32.1. The largest absolute Gasteiger partial charge is 0.508 e. The van der Waals surface area contributed by atoms with Gasteiger partial charge in [0.15, 0.2) is 5.96 Å². The number of likely N-dealkylation sites (N-methyl/N-ethyl adjacent to an activating group) is 4. The predicted molar refractivity (Wildman–Crippen MR) is 533 cm³/mol. The smallest absolute Gasteiger partial charge is 0.303 e. The molecule has 0 radical (unpaired) electrons. The highest BCUT2D eigenvalue weighted by Gasteiger charge is 2.45. The van der Waals surface area contributed by atoms with Gasteiger partial charge < -0.3 is 125 Å². The van der Waals surface area contributed by atoms with Crippen molar-refractivity contribution in [2.75, 3.05) is 66.7 Å². The van der Waals surface area contributed by atoms with E-state index in [0.717, 1.165) is 19.6 Å². The number of para-hydroxylation sites is 1. The molecule has 7 aromatic rings. The summed E-state index contributed by atoms with van der Waals surface area (Å²) >= 11 is 4.21. The number of hydrogen-bond acceptors (Lipinski definition) is 23. The Balaban J connectivity index is 0.999. The van der Waals surface area contributed by atoms with E-state index in [1.807, 2.05) is 0 Å². The van der Waals surface area contributed by atoms with Gasteiger partial charge in [-0.3, -0.25) is 91.7 Å². The van der Waals surface area contributed by atoms with E-state index in [0.29, 0.717) is 50.7 Å². The Labute approximate surface area is 838 Å². The molecule has 17 amide bonds. The summed E-state index contributed by atoms with van der Waals surface area (Å²) in [7, 11) is 4.99. The number of aliphatic carboxylic acids is 1. The third-order valence-electron chi connectivity index (χ3n) is 24.3. The van der Waals surface area contributed by atoms with Crippen LogP contribution in [0.3, 0.4) is 0 Å². The van der Waals surface area contributed by atoms with Crippen LogP contribution < -0.4 is 75.3 Å². The molecule has 0 unspecified atom stereocenters. The van der Waals surface area contributed by atoms with E-state index in [2.05, 4.69) is 81.4 Å². The minimum atomic E-state index is -1.86. The number of carboxylic acids is 1. The van der Waals surface area contributed by atoms with Crippen molar-refractivity contribution in [1.29, 1.82) is 5.41 Å². The summed E-state index contributed by atoms with van der Waals surface area (Å²) in [5.74, 6) is -17.7. The van der Waals surface area contributed by atoms with Gasteiger partial charge in [0.1, 0.15) is 90.0 Å². The molecule has 774 valence electrons. The first-order chi connectivity index (χ1) is 68.4. The minimum absolute atomic E-state index is 0.0161. The molecule has 1 aliphatic heterocycles. The number of likely N-dealkylation sites (tertiary alicyclic amines) is 1. The molecule has 43 nitrogen and oxygen atoms in total. The first-order valence-corrected chi connectivity index (χ1v) is 47.8. The number of carbonyl (C=O) groups excluding carboxylic acids is 17. The number of aromatic nitrogens is 1. The highest BCUT2D eigenvalue weighted by Crippen LogP contribution is 2.26. The fourth-order valence-electron chi connectivity index (χ4n) is 16.3. The summed E-state index contributed by atoms with van der Waals surface area (Å²) in [5, 5.41) is 81.8. The first-order valence-electron chi connectivity index (χ1n) is 47.2. The third kappa shape index (κ3) is 34.7. The SMILES string of the molecule is CCC(=O)N[C@@H](Cc1ccccc1)C(=O)N[C@H](C(=O)N[C@@H](CCC(=O)O)C(=O)N(C)CC(=O)N[C@@H](Cc1ccc(O)cc1)C(=O)N(C)[C@@H](Cc1ccccc1)C(=O)N(C)CC(=O)N[C@@H](CCCNC(=N)N)C(=O)N[C@@H](C)C(=O)N[C@@H](Cc1ccc(O)cc1)C(=O)N[C@@H](Cc1c[nH]c2ccccc12)C(=O)N[C@H](C(=O)N(C)[C@@H](Cc1ccccc1)C(=O)N1CCC[C@H]1C(=O)N[C@@H](CS)C(=O)NCC(N)=O)[C@@H](C)O)C(C)C. The third-order valence-corrected chi connectivity index (χ3v) is 24.7. The van der Waals surface area contributed by atoms with Gasteiger partial charge in [0.2, 0.25) is 100 Å². The van der Waals surface area contributed by atoms with Crippen molar-refractivity contribution >= 4 is 136 Å². The molecule has 22 N–H and O–H groups in total. The Hall–Kier alpha value is -15.5. The maximum atomic E-state index is 15.3. The Bertz CT molecular complexity index is 5650. The molecule has 2 heterocycles. The number of carboxylic acid groups (broad SMARTS) is 1. The van der Waals surface area contributed by atoms with E-state index in [-0.39, 0.29) is 94.5 Å². The van der Waals surface area contributed by atoms with Gasteiger partial charge in [-0.25, -0.2) is 0 Å². The van der Waals surface area contributed by atoms with Crippen molar-refractivity contribution in [3.8, 4) is 11.5 Å². The lowest BCUT2D eigenvalue weighted by molar-refractivity contribution is -0.150. The molecule has 14 atom stereocenters. The number of guanidine groups is 1. The van der Waals surface area contributed by atoms with Crippen molar-refractivity contribution in [2.45, 2.75) is 203 Å². The number of thiol groups is 1. The van der Waals surface area contributed by atoms with Crippen molar-refractivity contribution in [2.24, 2.45) is 17.4 Å². The number of phenolic OH excluding ortho intramolecular Hbond substituents is 2. The van der Waals surface area contributed by atoms with Crippen molar-refractivity contribution in [3.05, 3.63) is 203 Å². The van der Waals surface area contributed by atoms with E-state index in [1.165, 1.54) is 95.5 Å². The van der Waals surface area contributed by atoms with Crippen LogP contribution in [0.25, 0.3) is 10.9 Å². The molecule has 1 fully saturated rings. The molecule has 0 saturated carbocycles. The van der Waals surface area contributed by atoms with Crippen LogP contribution in [0.4, 0.5) is 0 Å². The van der Waals surface area contributed by atoms with Crippen molar-refractivity contribution < 1.29 is 107 Å². The minimum Gasteiger partial charge on any atom is -0.508 e. The second-order valence-corrected chi connectivity index (χ2v) is 36.2. The average molecular weight is 2010 g/mol. The number of benzene rings is 6. The Morgan fingerprint density at radius 3 is 1.47 bits per heavy atom. The fourth-order valence-corrected chi connectivity index (χ4v) is 16.5. The molecule has 1 aromatic heterocycles. The van der Waals surface area contributed by atoms with Gasteiger partial charge in [0, 0.05) is 115 Å². The van der Waals surface area contributed by atoms with Crippen LogP contribution in [0, 0.1) is 11.3 Å². The quantitative estimate of drug-likeness (QED) is 0.00928. The number of nitrogens with zero attached hydrogens (tertiary/aromatic N) is 5. The number of aromatic hydroxyl groups is 2. The molecule has 144 heavy (non-hydrogen) atoms. The van der Waals surface area contributed by atoms with E-state index in [9.17, 15) is 78.0 Å². The van der Waals surface area contributed by atoms with Crippen LogP contribution in [0.15, 0.2) is 170 Å². The molecular weight excluding hydrogens is 1880 g/mol. The van der Waals surface area contributed by atoms with E-state index in [1.54, 1.807) is 142 Å². The summed E-state index contributed by atoms with van der Waals surface area (Å²) < 4.78 is 0. The van der Waals surface area contributed by atoms with Crippen LogP contribution >= 0.6 is 12.6 Å². The second kappa shape index (κ2) is 55.6. The molecule has 1 saturated heterocycles. The number of primary amides is 1. The number of carbonyl (C=O) groups is 18. The number of aromatic amines is 1. The number of nitrogens with two attached hydrogens (primary N) is 2. The zero-order chi connectivity index (χ0) is 106.